The van der Waals surface area contributed by atoms with Crippen LogP contribution in [0.2, 0.25) is 0 Å². The Bertz CT molecular complexity index is 1660. The number of carbonyl (C=O) groups excluding carboxylic acids is 2. The molecule has 3 aromatic carbocycles. The van der Waals surface area contributed by atoms with Gasteiger partial charge in [0.15, 0.2) is 0 Å². The van der Waals surface area contributed by atoms with Crippen LogP contribution < -0.4 is 5.32 Å². The van der Waals surface area contributed by atoms with Crippen LogP contribution in [-0.4, -0.2) is 28.5 Å². The molecule has 0 spiro atoms. The van der Waals surface area contributed by atoms with E-state index in [0.29, 0.717) is 27.7 Å². The van der Waals surface area contributed by atoms with Crippen LogP contribution in [0.1, 0.15) is 37.5 Å². The van der Waals surface area contributed by atoms with E-state index in [1.807, 2.05) is 36.4 Å². The SMILES string of the molecule is COC(=O)c1ccc(CNC(=O)c2cc(C(F)(F)F)cc3ccn(Cc4ccc5ccccc5n4)c23)cc1. The van der Waals surface area contributed by atoms with Gasteiger partial charge < -0.3 is 14.6 Å². The summed E-state index contributed by atoms with van der Waals surface area (Å²) in [6.07, 6.45) is -2.96. The number of hydrogen-bond acceptors (Lipinski definition) is 4. The van der Waals surface area contributed by atoms with Gasteiger partial charge in [-0.2, -0.15) is 13.2 Å². The fraction of sp³-hybridized carbons (Fsp3) is 0.138. The summed E-state index contributed by atoms with van der Waals surface area (Å²) < 4.78 is 47.4. The summed E-state index contributed by atoms with van der Waals surface area (Å²) in [5, 5.41) is 3.98. The maximum atomic E-state index is 13.7. The largest absolute Gasteiger partial charge is 0.465 e. The molecule has 0 bridgehead atoms. The van der Waals surface area contributed by atoms with E-state index in [2.05, 4.69) is 15.0 Å². The lowest BCUT2D eigenvalue weighted by molar-refractivity contribution is -0.137. The molecule has 2 aromatic heterocycles. The standard InChI is InChI=1S/C29H22F3N3O3/c1-38-28(37)20-8-6-18(7-9-20)16-33-27(36)24-15-22(29(30,31)32)14-21-12-13-35(26(21)24)17-23-11-10-19-4-2-3-5-25(19)34-23/h2-15H,16-17H2,1H3,(H,33,36). The molecule has 0 radical (unpaired) electrons. The van der Waals surface area contributed by atoms with Gasteiger partial charge in [0.2, 0.25) is 0 Å². The molecule has 9 heteroatoms. The minimum absolute atomic E-state index is 0.0605. The molecule has 0 saturated carbocycles. The topological polar surface area (TPSA) is 73.2 Å². The summed E-state index contributed by atoms with van der Waals surface area (Å²) in [7, 11) is 1.28. The van der Waals surface area contributed by atoms with Gasteiger partial charge in [-0.3, -0.25) is 9.78 Å². The lowest BCUT2D eigenvalue weighted by Gasteiger charge is -2.14. The third-order valence-electron chi connectivity index (χ3n) is 6.25. The monoisotopic (exact) mass is 517 g/mol. The van der Waals surface area contributed by atoms with Crippen molar-refractivity contribution in [2.75, 3.05) is 7.11 Å². The van der Waals surface area contributed by atoms with Crippen molar-refractivity contribution in [1.82, 2.24) is 14.9 Å². The Labute approximate surface area is 215 Å². The second-order valence-electron chi connectivity index (χ2n) is 8.77. The summed E-state index contributed by atoms with van der Waals surface area (Å²) in [5.41, 5.74) is 1.92. The van der Waals surface area contributed by atoms with E-state index in [1.165, 1.54) is 7.11 Å². The van der Waals surface area contributed by atoms with Crippen molar-refractivity contribution < 1.29 is 27.5 Å². The first kappa shape index (κ1) is 25.0. The van der Waals surface area contributed by atoms with E-state index < -0.39 is 23.6 Å². The molecule has 0 fully saturated rings. The number of methoxy groups -OCH3 is 1. The van der Waals surface area contributed by atoms with Gasteiger partial charge in [-0.25, -0.2) is 4.79 Å². The smallest absolute Gasteiger partial charge is 0.416 e. The van der Waals surface area contributed by atoms with Crippen LogP contribution in [0.3, 0.4) is 0 Å². The van der Waals surface area contributed by atoms with Crippen LogP contribution in [0.5, 0.6) is 0 Å². The molecule has 192 valence electrons. The van der Waals surface area contributed by atoms with E-state index in [0.717, 1.165) is 23.0 Å². The number of pyridine rings is 1. The van der Waals surface area contributed by atoms with E-state index in [9.17, 15) is 22.8 Å². The predicted molar refractivity (Wildman–Crippen MR) is 137 cm³/mol. The molecule has 6 nitrogen and oxygen atoms in total. The van der Waals surface area contributed by atoms with Crippen LogP contribution >= 0.6 is 0 Å². The zero-order chi connectivity index (χ0) is 26.9. The zero-order valence-corrected chi connectivity index (χ0v) is 20.3. The van der Waals surface area contributed by atoms with E-state index in [4.69, 9.17) is 0 Å². The van der Waals surface area contributed by atoms with Gasteiger partial charge in [0.1, 0.15) is 0 Å². The summed E-state index contributed by atoms with van der Waals surface area (Å²) >= 11 is 0. The normalized spacial score (nSPS) is 11.6. The summed E-state index contributed by atoms with van der Waals surface area (Å²) in [4.78, 5) is 29.5. The number of alkyl halides is 3. The number of aromatic nitrogens is 2. The van der Waals surface area contributed by atoms with E-state index in [1.54, 1.807) is 41.1 Å². The summed E-state index contributed by atoms with van der Waals surface area (Å²) in [6.45, 7) is 0.333. The second-order valence-corrected chi connectivity index (χ2v) is 8.77. The van der Waals surface area contributed by atoms with Gasteiger partial charge in [-0.15, -0.1) is 0 Å². The van der Waals surface area contributed by atoms with Gasteiger partial charge in [0.25, 0.3) is 5.91 Å². The molecule has 0 saturated heterocycles. The lowest BCUT2D eigenvalue weighted by Crippen LogP contribution is -2.24. The number of nitrogens with zero attached hydrogens (tertiary/aromatic N) is 2. The summed E-state index contributed by atoms with van der Waals surface area (Å²) in [6, 6.07) is 21.3. The molecule has 5 aromatic rings. The van der Waals surface area contributed by atoms with Crippen LogP contribution in [-0.2, 0) is 24.0 Å². The summed E-state index contributed by atoms with van der Waals surface area (Å²) in [5.74, 6) is -1.14. The number of nitrogens with one attached hydrogen (secondary N) is 1. The molecule has 0 unspecified atom stereocenters. The Morgan fingerprint density at radius 1 is 0.947 bits per heavy atom. The first-order valence-corrected chi connectivity index (χ1v) is 11.7. The highest BCUT2D eigenvalue weighted by molar-refractivity contribution is 6.06. The maximum absolute atomic E-state index is 13.7. The van der Waals surface area contributed by atoms with Crippen molar-refractivity contribution >= 4 is 33.7 Å². The van der Waals surface area contributed by atoms with Crippen LogP contribution in [0.15, 0.2) is 85.1 Å². The minimum atomic E-state index is -4.62. The van der Waals surface area contributed by atoms with Crippen molar-refractivity contribution in [3.63, 3.8) is 0 Å². The van der Waals surface area contributed by atoms with E-state index in [-0.39, 0.29) is 18.7 Å². The number of benzene rings is 3. The molecule has 0 atom stereocenters. The van der Waals surface area contributed by atoms with Gasteiger partial charge in [0.05, 0.1) is 47.1 Å². The van der Waals surface area contributed by atoms with Crippen molar-refractivity contribution in [3.05, 3.63) is 113 Å². The number of carbonyl (C=O) groups is 2. The number of fused-ring (bicyclic) bond motifs is 2. The fourth-order valence-corrected chi connectivity index (χ4v) is 4.34. The highest BCUT2D eigenvalue weighted by atomic mass is 19.4. The predicted octanol–water partition coefficient (Wildman–Crippen LogP) is 5.97. The van der Waals surface area contributed by atoms with Crippen LogP contribution in [0.25, 0.3) is 21.8 Å². The minimum Gasteiger partial charge on any atom is -0.465 e. The lowest BCUT2D eigenvalue weighted by atomic mass is 10.0. The average molecular weight is 518 g/mol. The molecule has 5 rings (SSSR count). The molecule has 0 aliphatic carbocycles. The third kappa shape index (κ3) is 5.08. The van der Waals surface area contributed by atoms with Gasteiger partial charge in [-0.1, -0.05) is 36.4 Å². The van der Waals surface area contributed by atoms with Crippen LogP contribution in [0, 0.1) is 0 Å². The Hall–Kier alpha value is -4.66. The highest BCUT2D eigenvalue weighted by Crippen LogP contribution is 2.34. The van der Waals surface area contributed by atoms with Gasteiger partial charge in [-0.05, 0) is 48.0 Å². The van der Waals surface area contributed by atoms with Crippen molar-refractivity contribution in [2.24, 2.45) is 0 Å². The molecule has 2 heterocycles. The Morgan fingerprint density at radius 3 is 2.45 bits per heavy atom. The molecule has 0 aliphatic rings. The number of rotatable bonds is 6. The molecular formula is C29H22F3N3O3. The van der Waals surface area contributed by atoms with Gasteiger partial charge in [0, 0.05) is 23.5 Å². The van der Waals surface area contributed by atoms with Crippen molar-refractivity contribution in [3.8, 4) is 0 Å². The third-order valence-corrected chi connectivity index (χ3v) is 6.25. The first-order chi connectivity index (χ1) is 18.2. The van der Waals surface area contributed by atoms with E-state index >= 15 is 0 Å². The zero-order valence-electron chi connectivity index (χ0n) is 20.3. The molecule has 1 N–H and O–H groups in total. The average Bonchev–Trinajstić information content (AvgIpc) is 3.33. The number of halogens is 3. The molecule has 1 amide bonds. The number of ether oxygens (including phenoxy) is 1. The first-order valence-electron chi connectivity index (χ1n) is 11.7. The quantitative estimate of drug-likeness (QED) is 0.282. The molecular weight excluding hydrogens is 495 g/mol. The van der Waals surface area contributed by atoms with Gasteiger partial charge >= 0.3 is 12.1 Å². The second kappa shape index (κ2) is 10.0. The Morgan fingerprint density at radius 2 is 1.71 bits per heavy atom. The number of amides is 1. The fourth-order valence-electron chi connectivity index (χ4n) is 4.34. The number of hydrogen-bond donors (Lipinski definition) is 1. The Kier molecular flexibility index (Phi) is 6.59. The number of esters is 1. The Balaban J connectivity index is 1.47. The maximum Gasteiger partial charge on any atom is 0.416 e. The highest BCUT2D eigenvalue weighted by Gasteiger charge is 2.32. The van der Waals surface area contributed by atoms with Crippen LogP contribution in [0.4, 0.5) is 13.2 Å². The van der Waals surface area contributed by atoms with Crippen molar-refractivity contribution in [1.29, 1.82) is 0 Å². The molecule has 38 heavy (non-hydrogen) atoms. The molecule has 0 aliphatic heterocycles. The van der Waals surface area contributed by atoms with Crippen molar-refractivity contribution in [2.45, 2.75) is 19.3 Å². The number of para-hydroxylation sites is 1.